The van der Waals surface area contributed by atoms with Gasteiger partial charge >= 0.3 is 0 Å². The van der Waals surface area contributed by atoms with Crippen LogP contribution in [0, 0.1) is 0 Å². The Morgan fingerprint density at radius 2 is 2.00 bits per heavy atom. The quantitative estimate of drug-likeness (QED) is 0.832. The fourth-order valence-electron chi connectivity index (χ4n) is 2.85. The lowest BCUT2D eigenvalue weighted by atomic mass is 10.1. The number of carbonyl (C=O) groups is 2. The second-order valence-corrected chi connectivity index (χ2v) is 6.54. The topological polar surface area (TPSA) is 81.7 Å². The number of nitrogens with zero attached hydrogens (tertiary/aromatic N) is 5. The molecule has 0 radical (unpaired) electrons. The monoisotopic (exact) mass is 366 g/mol. The molecule has 0 saturated carbocycles. The predicted octanol–water partition coefficient (Wildman–Crippen LogP) is 1.89. The average molecular weight is 366 g/mol. The van der Waals surface area contributed by atoms with Gasteiger partial charge in [0.2, 0.25) is 5.91 Å². The molecule has 0 spiro atoms. The molecule has 2 heterocycles. The largest absolute Gasteiger partial charge is 0.327 e. The summed E-state index contributed by atoms with van der Waals surface area (Å²) in [5.41, 5.74) is 2.37. The number of hydrogen-bond donors (Lipinski definition) is 1. The van der Waals surface area contributed by atoms with Gasteiger partial charge in [0.25, 0.3) is 5.91 Å². The normalized spacial score (nSPS) is 13.6. The molecular formula is C19H22N6O2. The van der Waals surface area contributed by atoms with Gasteiger partial charge in [0, 0.05) is 32.4 Å². The summed E-state index contributed by atoms with van der Waals surface area (Å²) >= 11 is 0. The molecule has 8 nitrogen and oxygen atoms in total. The van der Waals surface area contributed by atoms with Gasteiger partial charge in [-0.3, -0.25) is 9.59 Å². The molecular weight excluding hydrogens is 344 g/mol. The standard InChI is InChI=1S/C19H22N6O2/c1-23(2)9-5-6-17(26)22-13-7-8-15-14(10-13)19(27)25(4)16-11-20-12-21-18(16)24(15)3/h5-8,10-12H,9H2,1-4H3,(H,22,26)/b6-5+. The van der Waals surface area contributed by atoms with Crippen LogP contribution < -0.4 is 15.1 Å². The molecule has 2 amide bonds. The van der Waals surface area contributed by atoms with E-state index in [9.17, 15) is 9.59 Å². The van der Waals surface area contributed by atoms with Crippen LogP contribution in [-0.4, -0.2) is 61.4 Å². The van der Waals surface area contributed by atoms with E-state index in [1.807, 2.05) is 30.9 Å². The summed E-state index contributed by atoms with van der Waals surface area (Å²) in [4.78, 5) is 38.7. The van der Waals surface area contributed by atoms with Crippen molar-refractivity contribution in [3.63, 3.8) is 0 Å². The van der Waals surface area contributed by atoms with Gasteiger partial charge in [-0.2, -0.15) is 0 Å². The van der Waals surface area contributed by atoms with Crippen LogP contribution in [0.25, 0.3) is 0 Å². The number of amides is 2. The second kappa shape index (κ2) is 7.55. The SMILES string of the molecule is CN(C)C/C=C/C(=O)Nc1ccc2c(c1)C(=O)N(C)c1cncnc1N2C. The van der Waals surface area contributed by atoms with E-state index in [4.69, 9.17) is 0 Å². The smallest absolute Gasteiger partial charge is 0.260 e. The predicted molar refractivity (Wildman–Crippen MR) is 106 cm³/mol. The summed E-state index contributed by atoms with van der Waals surface area (Å²) in [6.07, 6.45) is 6.33. The van der Waals surface area contributed by atoms with Gasteiger partial charge in [-0.1, -0.05) is 6.08 Å². The van der Waals surface area contributed by atoms with Crippen LogP contribution in [0.1, 0.15) is 10.4 Å². The molecule has 27 heavy (non-hydrogen) atoms. The lowest BCUT2D eigenvalue weighted by molar-refractivity contribution is -0.111. The Bertz CT molecular complexity index is 909. The van der Waals surface area contributed by atoms with Gasteiger partial charge in [0.05, 0.1) is 17.4 Å². The van der Waals surface area contributed by atoms with Crippen LogP contribution >= 0.6 is 0 Å². The van der Waals surface area contributed by atoms with Crippen molar-refractivity contribution < 1.29 is 9.59 Å². The Balaban J connectivity index is 1.90. The van der Waals surface area contributed by atoms with Crippen molar-refractivity contribution in [2.75, 3.05) is 49.9 Å². The van der Waals surface area contributed by atoms with Gasteiger partial charge in [-0.25, -0.2) is 9.97 Å². The molecule has 140 valence electrons. The van der Waals surface area contributed by atoms with Crippen LogP contribution in [0.3, 0.4) is 0 Å². The zero-order valence-electron chi connectivity index (χ0n) is 15.8. The minimum absolute atomic E-state index is 0.190. The third kappa shape index (κ3) is 3.80. The molecule has 0 saturated heterocycles. The number of aromatic nitrogens is 2. The molecule has 0 atom stereocenters. The maximum absolute atomic E-state index is 12.9. The molecule has 8 heteroatoms. The van der Waals surface area contributed by atoms with E-state index in [2.05, 4.69) is 15.3 Å². The van der Waals surface area contributed by atoms with E-state index in [0.29, 0.717) is 35.0 Å². The molecule has 3 rings (SSSR count). The minimum atomic E-state index is -0.242. The summed E-state index contributed by atoms with van der Waals surface area (Å²) < 4.78 is 0. The number of benzene rings is 1. The Hall–Kier alpha value is -3.26. The summed E-state index contributed by atoms with van der Waals surface area (Å²) in [7, 11) is 7.38. The van der Waals surface area contributed by atoms with Crippen molar-refractivity contribution in [1.29, 1.82) is 0 Å². The highest BCUT2D eigenvalue weighted by Crippen LogP contribution is 2.37. The van der Waals surface area contributed by atoms with Gasteiger partial charge < -0.3 is 20.0 Å². The Kier molecular flexibility index (Phi) is 5.18. The van der Waals surface area contributed by atoms with Crippen molar-refractivity contribution in [2.24, 2.45) is 0 Å². The number of carbonyl (C=O) groups excluding carboxylic acids is 2. The molecule has 0 fully saturated rings. The molecule has 1 aliphatic rings. The van der Waals surface area contributed by atoms with Crippen LogP contribution in [0.15, 0.2) is 42.9 Å². The van der Waals surface area contributed by atoms with Crippen molar-refractivity contribution in [3.8, 4) is 0 Å². The molecule has 1 aliphatic heterocycles. The molecule has 2 aromatic rings. The van der Waals surface area contributed by atoms with E-state index in [1.54, 1.807) is 37.5 Å². The van der Waals surface area contributed by atoms with Gasteiger partial charge in [0.1, 0.15) is 12.0 Å². The Labute approximate surface area is 158 Å². The number of likely N-dealkylation sites (N-methyl/N-ethyl adjacent to an activating group) is 1. The van der Waals surface area contributed by atoms with Crippen LogP contribution in [0.2, 0.25) is 0 Å². The highest BCUT2D eigenvalue weighted by atomic mass is 16.2. The molecule has 1 aromatic carbocycles. The molecule has 0 unspecified atom stereocenters. The zero-order chi connectivity index (χ0) is 19.6. The first-order valence-corrected chi connectivity index (χ1v) is 8.46. The Morgan fingerprint density at radius 1 is 1.22 bits per heavy atom. The van der Waals surface area contributed by atoms with Crippen LogP contribution in [0.4, 0.5) is 22.9 Å². The van der Waals surface area contributed by atoms with E-state index in [1.165, 1.54) is 17.3 Å². The van der Waals surface area contributed by atoms with E-state index in [0.717, 1.165) is 0 Å². The number of fused-ring (bicyclic) bond motifs is 2. The summed E-state index contributed by atoms with van der Waals surface area (Å²) in [5, 5.41) is 2.80. The van der Waals surface area contributed by atoms with Gasteiger partial charge in [-0.15, -0.1) is 0 Å². The van der Waals surface area contributed by atoms with E-state index < -0.39 is 0 Å². The van der Waals surface area contributed by atoms with Crippen LogP contribution in [-0.2, 0) is 4.79 Å². The lowest BCUT2D eigenvalue weighted by Crippen LogP contribution is -2.25. The molecule has 0 aliphatic carbocycles. The van der Waals surface area contributed by atoms with E-state index >= 15 is 0 Å². The van der Waals surface area contributed by atoms with Crippen molar-refractivity contribution in [2.45, 2.75) is 0 Å². The zero-order valence-corrected chi connectivity index (χ0v) is 15.8. The summed E-state index contributed by atoms with van der Waals surface area (Å²) in [6, 6.07) is 5.26. The third-order valence-electron chi connectivity index (χ3n) is 4.25. The Morgan fingerprint density at radius 3 is 2.74 bits per heavy atom. The first kappa shape index (κ1) is 18.5. The third-order valence-corrected chi connectivity index (χ3v) is 4.25. The minimum Gasteiger partial charge on any atom is -0.327 e. The fourth-order valence-corrected chi connectivity index (χ4v) is 2.85. The fraction of sp³-hybridized carbons (Fsp3) is 0.263. The van der Waals surface area contributed by atoms with Crippen LogP contribution in [0.5, 0.6) is 0 Å². The first-order valence-electron chi connectivity index (χ1n) is 8.46. The van der Waals surface area contributed by atoms with Crippen molar-refractivity contribution >= 4 is 34.7 Å². The highest BCUT2D eigenvalue weighted by molar-refractivity contribution is 6.14. The average Bonchev–Trinajstić information content (AvgIpc) is 2.72. The van der Waals surface area contributed by atoms with Gasteiger partial charge in [0.15, 0.2) is 5.82 Å². The first-order chi connectivity index (χ1) is 12.9. The number of nitrogens with one attached hydrogen (secondary N) is 1. The van der Waals surface area contributed by atoms with Gasteiger partial charge in [-0.05, 0) is 32.3 Å². The summed E-state index contributed by atoms with van der Waals surface area (Å²) in [5.74, 6) is 0.210. The van der Waals surface area contributed by atoms with Crippen molar-refractivity contribution in [3.05, 3.63) is 48.4 Å². The summed E-state index contributed by atoms with van der Waals surface area (Å²) in [6.45, 7) is 0.672. The highest BCUT2D eigenvalue weighted by Gasteiger charge is 2.28. The molecule has 1 aromatic heterocycles. The molecule has 1 N–H and O–H groups in total. The van der Waals surface area contributed by atoms with Crippen molar-refractivity contribution in [1.82, 2.24) is 14.9 Å². The lowest BCUT2D eigenvalue weighted by Gasteiger charge is -2.20. The maximum atomic E-state index is 12.9. The maximum Gasteiger partial charge on any atom is 0.260 e. The van der Waals surface area contributed by atoms with E-state index in [-0.39, 0.29) is 11.8 Å². The number of rotatable bonds is 4. The number of hydrogen-bond acceptors (Lipinski definition) is 6. The molecule has 0 bridgehead atoms. The number of anilines is 4. The second-order valence-electron chi connectivity index (χ2n) is 6.54.